The maximum Gasteiger partial charge on any atom is 0.270 e. The van der Waals surface area contributed by atoms with E-state index in [0.717, 1.165) is 22.4 Å². The lowest BCUT2D eigenvalue weighted by Gasteiger charge is -2.15. The van der Waals surface area contributed by atoms with E-state index in [1.54, 1.807) is 4.90 Å². The fourth-order valence-electron chi connectivity index (χ4n) is 2.62. The molecule has 0 saturated carbocycles. The summed E-state index contributed by atoms with van der Waals surface area (Å²) in [4.78, 5) is 15.1. The van der Waals surface area contributed by atoms with Crippen LogP contribution in [-0.4, -0.2) is 10.2 Å². The van der Waals surface area contributed by atoms with E-state index >= 15 is 0 Å². The first-order valence-electron chi connectivity index (χ1n) is 8.04. The Kier molecular flexibility index (Phi) is 5.21. The molecule has 0 unspecified atom stereocenters. The van der Waals surface area contributed by atoms with Gasteiger partial charge in [0.2, 0.25) is 0 Å². The summed E-state index contributed by atoms with van der Waals surface area (Å²) >= 11 is 6.80. The van der Waals surface area contributed by atoms with Crippen LogP contribution < -0.4 is 4.90 Å². The highest BCUT2D eigenvalue weighted by atomic mass is 32.2. The zero-order valence-corrected chi connectivity index (χ0v) is 16.1. The van der Waals surface area contributed by atoms with E-state index in [4.69, 9.17) is 12.2 Å². The zero-order chi connectivity index (χ0) is 18.0. The van der Waals surface area contributed by atoms with E-state index in [9.17, 15) is 4.79 Å². The summed E-state index contributed by atoms with van der Waals surface area (Å²) in [5.41, 5.74) is 5.31. The Morgan fingerprint density at radius 1 is 1.08 bits per heavy atom. The number of benzene rings is 2. The first kappa shape index (κ1) is 17.6. The smallest absolute Gasteiger partial charge is 0.268 e. The minimum Gasteiger partial charge on any atom is -0.268 e. The van der Waals surface area contributed by atoms with Gasteiger partial charge in [-0.05, 0) is 61.2 Å². The van der Waals surface area contributed by atoms with Crippen molar-refractivity contribution in [1.29, 1.82) is 0 Å². The zero-order valence-electron chi connectivity index (χ0n) is 14.4. The molecule has 0 bridgehead atoms. The van der Waals surface area contributed by atoms with Gasteiger partial charge in [-0.1, -0.05) is 66.5 Å². The monoisotopic (exact) mass is 365 g/mol. The molecule has 1 aliphatic rings. The van der Waals surface area contributed by atoms with Crippen molar-refractivity contribution in [3.8, 4) is 0 Å². The molecule has 2 aromatic rings. The maximum absolute atomic E-state index is 12.8. The fraction of sp³-hybridized carbons (Fsp3) is 0.143. The second kappa shape index (κ2) is 7.38. The fourth-order valence-corrected chi connectivity index (χ4v) is 3.96. The van der Waals surface area contributed by atoms with Gasteiger partial charge in [-0.3, -0.25) is 9.69 Å². The van der Waals surface area contributed by atoms with Gasteiger partial charge >= 0.3 is 0 Å². The van der Waals surface area contributed by atoms with Crippen LogP contribution in [0.1, 0.15) is 23.6 Å². The van der Waals surface area contributed by atoms with Crippen LogP contribution in [-0.2, 0) is 4.79 Å². The van der Waals surface area contributed by atoms with Gasteiger partial charge in [0.05, 0.1) is 10.6 Å². The molecule has 1 heterocycles. The third kappa shape index (κ3) is 3.91. The Hall–Kier alpha value is -2.17. The number of hydrogen-bond donors (Lipinski definition) is 0. The van der Waals surface area contributed by atoms with Crippen LogP contribution in [0.25, 0.3) is 6.08 Å². The first-order chi connectivity index (χ1) is 12.0. The Bertz CT molecular complexity index is 897. The van der Waals surface area contributed by atoms with Crippen molar-refractivity contribution in [3.63, 3.8) is 0 Å². The van der Waals surface area contributed by atoms with E-state index in [1.165, 1.54) is 17.3 Å². The summed E-state index contributed by atoms with van der Waals surface area (Å²) in [6.07, 6.45) is 3.97. The summed E-state index contributed by atoms with van der Waals surface area (Å²) in [5, 5.41) is 0. The Morgan fingerprint density at radius 3 is 2.48 bits per heavy atom. The minimum absolute atomic E-state index is 0.0564. The number of amides is 1. The van der Waals surface area contributed by atoms with Crippen molar-refractivity contribution in [2.24, 2.45) is 0 Å². The van der Waals surface area contributed by atoms with Crippen LogP contribution in [0.15, 0.2) is 65.1 Å². The molecule has 4 heteroatoms. The second-order valence-corrected chi connectivity index (χ2v) is 7.76. The normalized spacial score (nSPS) is 16.8. The minimum atomic E-state index is -0.0564. The molecule has 25 heavy (non-hydrogen) atoms. The summed E-state index contributed by atoms with van der Waals surface area (Å²) in [6, 6.07) is 16.0. The largest absolute Gasteiger partial charge is 0.270 e. The number of rotatable bonds is 3. The highest BCUT2D eigenvalue weighted by Crippen LogP contribution is 2.36. The molecule has 1 amide bonds. The van der Waals surface area contributed by atoms with Crippen LogP contribution in [0.4, 0.5) is 5.69 Å². The van der Waals surface area contributed by atoms with Crippen molar-refractivity contribution in [2.75, 3.05) is 4.90 Å². The van der Waals surface area contributed by atoms with Crippen LogP contribution in [0.3, 0.4) is 0 Å². The van der Waals surface area contributed by atoms with Crippen LogP contribution in [0, 0.1) is 13.8 Å². The van der Waals surface area contributed by atoms with E-state index in [-0.39, 0.29) is 5.91 Å². The molecule has 1 saturated heterocycles. The Labute approximate surface area is 158 Å². The van der Waals surface area contributed by atoms with Crippen molar-refractivity contribution in [3.05, 3.63) is 81.8 Å². The van der Waals surface area contributed by atoms with Crippen LogP contribution in [0.2, 0.25) is 0 Å². The maximum atomic E-state index is 12.8. The summed E-state index contributed by atoms with van der Waals surface area (Å²) < 4.78 is 0.576. The molecular weight excluding hydrogens is 346 g/mol. The SMILES string of the molecule is CC(=C\c1ccccc1)/C=C1/SC(=S)N(c2ccc(C)c(C)c2)C1=O. The lowest BCUT2D eigenvalue weighted by atomic mass is 10.1. The average Bonchev–Trinajstić information content (AvgIpc) is 2.85. The molecule has 0 aliphatic carbocycles. The highest BCUT2D eigenvalue weighted by Gasteiger charge is 2.33. The number of thioether (sulfide) groups is 1. The first-order valence-corrected chi connectivity index (χ1v) is 9.27. The molecular formula is C21H19NOS2. The topological polar surface area (TPSA) is 20.3 Å². The Morgan fingerprint density at radius 2 is 1.80 bits per heavy atom. The molecule has 126 valence electrons. The number of carbonyl (C=O) groups excluding carboxylic acids is 1. The third-order valence-corrected chi connectivity index (χ3v) is 5.40. The number of carbonyl (C=O) groups is 1. The van der Waals surface area contributed by atoms with E-state index in [2.05, 4.69) is 13.0 Å². The molecule has 2 aromatic carbocycles. The number of allylic oxidation sites excluding steroid dienone is 2. The van der Waals surface area contributed by atoms with Gasteiger partial charge in [0.15, 0.2) is 4.32 Å². The Balaban J connectivity index is 1.88. The van der Waals surface area contributed by atoms with Gasteiger partial charge in [0.1, 0.15) is 0 Å². The number of nitrogens with zero attached hydrogens (tertiary/aromatic N) is 1. The molecule has 1 fully saturated rings. The van der Waals surface area contributed by atoms with Crippen LogP contribution >= 0.6 is 24.0 Å². The molecule has 2 nitrogen and oxygen atoms in total. The van der Waals surface area contributed by atoms with Gasteiger partial charge < -0.3 is 0 Å². The van der Waals surface area contributed by atoms with Gasteiger partial charge in [0.25, 0.3) is 5.91 Å². The molecule has 1 aliphatic heterocycles. The standard InChI is InChI=1S/C21H19NOS2/c1-14(11-17-7-5-4-6-8-17)12-19-20(23)22(21(24)25-19)18-10-9-15(2)16(3)13-18/h4-13H,1-3H3/b14-11+,19-12+. The molecule has 0 N–H and O–H groups in total. The lowest BCUT2D eigenvalue weighted by molar-refractivity contribution is -0.113. The van der Waals surface area contributed by atoms with Crippen molar-refractivity contribution >= 4 is 46.0 Å². The summed E-state index contributed by atoms with van der Waals surface area (Å²) in [7, 11) is 0. The quantitative estimate of drug-likeness (QED) is 0.517. The van der Waals surface area contributed by atoms with Gasteiger partial charge in [-0.15, -0.1) is 0 Å². The molecule has 0 atom stereocenters. The van der Waals surface area contributed by atoms with E-state index in [0.29, 0.717) is 9.23 Å². The van der Waals surface area contributed by atoms with E-state index in [1.807, 2.05) is 68.5 Å². The molecule has 0 radical (unpaired) electrons. The average molecular weight is 366 g/mol. The predicted octanol–water partition coefficient (Wildman–Crippen LogP) is 5.66. The predicted molar refractivity (Wildman–Crippen MR) is 112 cm³/mol. The van der Waals surface area contributed by atoms with Gasteiger partial charge in [-0.25, -0.2) is 0 Å². The highest BCUT2D eigenvalue weighted by molar-refractivity contribution is 8.27. The molecule has 0 aromatic heterocycles. The van der Waals surface area contributed by atoms with Gasteiger partial charge in [0, 0.05) is 0 Å². The van der Waals surface area contributed by atoms with Crippen molar-refractivity contribution in [1.82, 2.24) is 0 Å². The molecule has 0 spiro atoms. The van der Waals surface area contributed by atoms with Gasteiger partial charge in [-0.2, -0.15) is 0 Å². The number of aryl methyl sites for hydroxylation is 2. The number of anilines is 1. The van der Waals surface area contributed by atoms with Crippen LogP contribution in [0.5, 0.6) is 0 Å². The van der Waals surface area contributed by atoms with Crippen molar-refractivity contribution < 1.29 is 4.79 Å². The number of hydrogen-bond acceptors (Lipinski definition) is 3. The third-order valence-electron chi connectivity index (χ3n) is 4.10. The van der Waals surface area contributed by atoms with E-state index < -0.39 is 0 Å². The second-order valence-electron chi connectivity index (χ2n) is 6.08. The lowest BCUT2D eigenvalue weighted by Crippen LogP contribution is -2.27. The van der Waals surface area contributed by atoms with Crippen molar-refractivity contribution in [2.45, 2.75) is 20.8 Å². The number of thiocarbonyl (C=S) groups is 1. The molecule has 3 rings (SSSR count). The summed E-state index contributed by atoms with van der Waals surface area (Å²) in [6.45, 7) is 6.09. The summed E-state index contributed by atoms with van der Waals surface area (Å²) in [5.74, 6) is -0.0564.